The highest BCUT2D eigenvalue weighted by atomic mass is 16.5. The van der Waals surface area contributed by atoms with Crippen molar-refractivity contribution in [1.29, 1.82) is 0 Å². The molecule has 1 amide bonds. The fraction of sp³-hybridized carbons (Fsp3) is 0.381. The van der Waals surface area contributed by atoms with Crippen molar-refractivity contribution in [1.82, 2.24) is 4.90 Å². The number of furan rings is 1. The first-order chi connectivity index (χ1) is 12.9. The number of carbonyl (C=O) groups is 3. The Hall–Kier alpha value is -2.89. The average molecular weight is 369 g/mol. The van der Waals surface area contributed by atoms with Gasteiger partial charge in [-0.1, -0.05) is 31.2 Å². The van der Waals surface area contributed by atoms with E-state index in [2.05, 4.69) is 6.92 Å². The number of Topliss-reactive ketones (excluding diaryl/α,β-unsaturated/α-hetero) is 1. The summed E-state index contributed by atoms with van der Waals surface area (Å²) >= 11 is 0. The molecule has 6 heteroatoms. The van der Waals surface area contributed by atoms with E-state index in [1.165, 1.54) is 13.0 Å². The first kappa shape index (κ1) is 18.9. The maximum atomic E-state index is 12.2. The van der Waals surface area contributed by atoms with Gasteiger partial charge in [-0.2, -0.15) is 0 Å². The van der Waals surface area contributed by atoms with Gasteiger partial charge in [-0.25, -0.2) is 4.79 Å². The molecule has 2 heterocycles. The highest BCUT2D eigenvalue weighted by Crippen LogP contribution is 2.23. The van der Waals surface area contributed by atoms with Crippen molar-refractivity contribution in [3.8, 4) is 11.3 Å². The van der Waals surface area contributed by atoms with Crippen LogP contribution in [0.1, 0.15) is 47.6 Å². The minimum Gasteiger partial charge on any atom is -0.450 e. The predicted octanol–water partition coefficient (Wildman–Crippen LogP) is 3.56. The Kier molecular flexibility index (Phi) is 5.74. The van der Waals surface area contributed by atoms with Crippen LogP contribution in [-0.2, 0) is 9.53 Å². The lowest BCUT2D eigenvalue weighted by Gasteiger charge is -2.30. The van der Waals surface area contributed by atoms with Crippen LogP contribution in [0, 0.1) is 5.92 Å². The number of amides is 1. The van der Waals surface area contributed by atoms with E-state index in [0.717, 1.165) is 18.4 Å². The summed E-state index contributed by atoms with van der Waals surface area (Å²) in [6.45, 7) is 4.74. The molecule has 6 nitrogen and oxygen atoms in total. The van der Waals surface area contributed by atoms with Crippen molar-refractivity contribution in [3.63, 3.8) is 0 Å². The summed E-state index contributed by atoms with van der Waals surface area (Å²) in [6, 6.07) is 10.1. The second-order valence-corrected chi connectivity index (χ2v) is 6.96. The number of ether oxygens (including phenoxy) is 1. The van der Waals surface area contributed by atoms with E-state index in [1.807, 2.05) is 0 Å². The van der Waals surface area contributed by atoms with Gasteiger partial charge in [0.2, 0.25) is 5.76 Å². The summed E-state index contributed by atoms with van der Waals surface area (Å²) < 4.78 is 10.7. The molecule has 0 spiro atoms. The zero-order valence-corrected chi connectivity index (χ0v) is 15.6. The molecule has 1 aromatic heterocycles. The fourth-order valence-corrected chi connectivity index (χ4v) is 3.18. The molecule has 0 unspecified atom stereocenters. The molecule has 1 aliphatic heterocycles. The van der Waals surface area contributed by atoms with Crippen molar-refractivity contribution in [3.05, 3.63) is 47.7 Å². The van der Waals surface area contributed by atoms with E-state index in [4.69, 9.17) is 9.15 Å². The standard InChI is InChI=1S/C21H23NO5/c1-14-4-3-11-22(12-14)20(24)13-26-21(25)19-10-9-18(27-19)17-7-5-16(6-8-17)15(2)23/h5-10,14H,3-4,11-13H2,1-2H3/t14-/m1/s1. The summed E-state index contributed by atoms with van der Waals surface area (Å²) in [6.07, 6.45) is 2.09. The van der Waals surface area contributed by atoms with E-state index in [0.29, 0.717) is 30.3 Å². The molecule has 1 fully saturated rings. The van der Waals surface area contributed by atoms with Crippen LogP contribution in [0.15, 0.2) is 40.8 Å². The number of benzene rings is 1. The number of ketones is 1. The molecule has 1 aromatic carbocycles. The molecule has 2 aromatic rings. The van der Waals surface area contributed by atoms with Crippen LogP contribution >= 0.6 is 0 Å². The Morgan fingerprint density at radius 3 is 2.56 bits per heavy atom. The van der Waals surface area contributed by atoms with E-state index in [9.17, 15) is 14.4 Å². The van der Waals surface area contributed by atoms with Crippen LogP contribution in [-0.4, -0.2) is 42.3 Å². The number of hydrogen-bond donors (Lipinski definition) is 0. The molecular weight excluding hydrogens is 346 g/mol. The minimum absolute atomic E-state index is 0.0157. The predicted molar refractivity (Wildman–Crippen MR) is 99.4 cm³/mol. The monoisotopic (exact) mass is 369 g/mol. The lowest BCUT2D eigenvalue weighted by molar-refractivity contribution is -0.136. The van der Waals surface area contributed by atoms with Gasteiger partial charge >= 0.3 is 5.97 Å². The maximum Gasteiger partial charge on any atom is 0.374 e. The zero-order valence-electron chi connectivity index (χ0n) is 15.6. The third-order valence-corrected chi connectivity index (χ3v) is 4.72. The number of hydrogen-bond acceptors (Lipinski definition) is 5. The Morgan fingerprint density at radius 1 is 1.15 bits per heavy atom. The van der Waals surface area contributed by atoms with Gasteiger partial charge in [-0.05, 0) is 37.8 Å². The highest BCUT2D eigenvalue weighted by Gasteiger charge is 2.23. The van der Waals surface area contributed by atoms with E-state index in [-0.39, 0.29) is 24.1 Å². The molecule has 0 radical (unpaired) electrons. The number of nitrogens with zero attached hydrogens (tertiary/aromatic N) is 1. The summed E-state index contributed by atoms with van der Waals surface area (Å²) in [7, 11) is 0. The van der Waals surface area contributed by atoms with Crippen LogP contribution in [0.25, 0.3) is 11.3 Å². The normalized spacial score (nSPS) is 16.8. The lowest BCUT2D eigenvalue weighted by atomic mass is 10.0. The largest absolute Gasteiger partial charge is 0.450 e. The zero-order chi connectivity index (χ0) is 19.4. The first-order valence-corrected chi connectivity index (χ1v) is 9.10. The molecule has 1 atom stereocenters. The first-order valence-electron chi connectivity index (χ1n) is 9.10. The number of rotatable bonds is 5. The molecule has 27 heavy (non-hydrogen) atoms. The smallest absolute Gasteiger partial charge is 0.374 e. The Balaban J connectivity index is 1.58. The molecule has 1 aliphatic rings. The van der Waals surface area contributed by atoms with Crippen molar-refractivity contribution in [2.45, 2.75) is 26.7 Å². The third-order valence-electron chi connectivity index (χ3n) is 4.72. The fourth-order valence-electron chi connectivity index (χ4n) is 3.18. The van der Waals surface area contributed by atoms with Crippen molar-refractivity contribution < 1.29 is 23.5 Å². The molecule has 142 valence electrons. The van der Waals surface area contributed by atoms with Crippen molar-refractivity contribution in [2.24, 2.45) is 5.92 Å². The number of esters is 1. The lowest BCUT2D eigenvalue weighted by Crippen LogP contribution is -2.41. The number of likely N-dealkylation sites (tertiary alicyclic amines) is 1. The quantitative estimate of drug-likeness (QED) is 0.595. The van der Waals surface area contributed by atoms with Crippen molar-refractivity contribution >= 4 is 17.7 Å². The van der Waals surface area contributed by atoms with Gasteiger partial charge in [0.25, 0.3) is 5.91 Å². The maximum absolute atomic E-state index is 12.2. The van der Waals surface area contributed by atoms with E-state index >= 15 is 0 Å². The van der Waals surface area contributed by atoms with Gasteiger partial charge in [0.1, 0.15) is 5.76 Å². The Morgan fingerprint density at radius 2 is 1.89 bits per heavy atom. The van der Waals surface area contributed by atoms with Crippen LogP contribution in [0.4, 0.5) is 0 Å². The SMILES string of the molecule is CC(=O)c1ccc(-c2ccc(C(=O)OCC(=O)N3CCC[C@@H](C)C3)o2)cc1. The van der Waals surface area contributed by atoms with Crippen molar-refractivity contribution in [2.75, 3.05) is 19.7 Å². The van der Waals surface area contributed by atoms with Crippen LogP contribution < -0.4 is 0 Å². The van der Waals surface area contributed by atoms with Gasteiger partial charge in [-0.3, -0.25) is 9.59 Å². The van der Waals surface area contributed by atoms with Gasteiger partial charge in [-0.15, -0.1) is 0 Å². The summed E-state index contributed by atoms with van der Waals surface area (Å²) in [4.78, 5) is 37.4. The van der Waals surface area contributed by atoms with Crippen LogP contribution in [0.5, 0.6) is 0 Å². The molecule has 1 saturated heterocycles. The highest BCUT2D eigenvalue weighted by molar-refractivity contribution is 5.94. The van der Waals surface area contributed by atoms with Gasteiger partial charge < -0.3 is 14.1 Å². The average Bonchev–Trinajstić information content (AvgIpc) is 3.16. The molecule has 0 bridgehead atoms. The molecular formula is C21H23NO5. The molecule has 3 rings (SSSR count). The second-order valence-electron chi connectivity index (χ2n) is 6.96. The van der Waals surface area contributed by atoms with Crippen LogP contribution in [0.2, 0.25) is 0 Å². The molecule has 0 saturated carbocycles. The van der Waals surface area contributed by atoms with Gasteiger partial charge in [0.15, 0.2) is 12.4 Å². The third kappa shape index (κ3) is 4.64. The molecule has 0 aliphatic carbocycles. The summed E-state index contributed by atoms with van der Waals surface area (Å²) in [5.74, 6) is 0.147. The number of carbonyl (C=O) groups excluding carboxylic acids is 3. The second kappa shape index (κ2) is 8.20. The topological polar surface area (TPSA) is 76.8 Å². The van der Waals surface area contributed by atoms with Crippen LogP contribution in [0.3, 0.4) is 0 Å². The minimum atomic E-state index is -0.667. The molecule has 0 N–H and O–H groups in total. The van der Waals surface area contributed by atoms with Gasteiger partial charge in [0, 0.05) is 24.2 Å². The van der Waals surface area contributed by atoms with E-state index in [1.54, 1.807) is 35.2 Å². The number of piperidine rings is 1. The van der Waals surface area contributed by atoms with Gasteiger partial charge in [0.05, 0.1) is 0 Å². The summed E-state index contributed by atoms with van der Waals surface area (Å²) in [5.41, 5.74) is 1.35. The Bertz CT molecular complexity index is 837. The summed E-state index contributed by atoms with van der Waals surface area (Å²) in [5, 5.41) is 0. The Labute approximate surface area is 158 Å². The van der Waals surface area contributed by atoms with E-state index < -0.39 is 5.97 Å².